The summed E-state index contributed by atoms with van der Waals surface area (Å²) in [6.07, 6.45) is 1.86. The highest BCUT2D eigenvalue weighted by molar-refractivity contribution is 7.92. The molecule has 2 rings (SSSR count). The van der Waals surface area contributed by atoms with Crippen LogP contribution in [0.5, 0.6) is 0 Å². The van der Waals surface area contributed by atoms with E-state index in [0.29, 0.717) is 12.2 Å². The summed E-state index contributed by atoms with van der Waals surface area (Å²) < 4.78 is 26.5. The molecule has 0 unspecified atom stereocenters. The number of nitrogens with one attached hydrogen (secondary N) is 1. The van der Waals surface area contributed by atoms with E-state index in [4.69, 9.17) is 0 Å². The number of hydrogen-bond donors (Lipinski definition) is 1. The lowest BCUT2D eigenvalue weighted by molar-refractivity contribution is -0.139. The van der Waals surface area contributed by atoms with E-state index in [2.05, 4.69) is 26.1 Å². The van der Waals surface area contributed by atoms with Crippen molar-refractivity contribution in [2.45, 2.75) is 66.0 Å². The molecule has 0 heterocycles. The first kappa shape index (κ1) is 28.4. The quantitative estimate of drug-likeness (QED) is 0.533. The number of sulfonamides is 1. The first-order valence-electron chi connectivity index (χ1n) is 11.9. The van der Waals surface area contributed by atoms with Gasteiger partial charge in [-0.3, -0.25) is 13.9 Å². The molecule has 1 N–H and O–H groups in total. The third-order valence-electron chi connectivity index (χ3n) is 5.85. The van der Waals surface area contributed by atoms with Crippen LogP contribution in [0.1, 0.15) is 57.7 Å². The normalized spacial score (nSPS) is 12.7. The Bertz CT molecular complexity index is 1120. The van der Waals surface area contributed by atoms with Crippen LogP contribution in [0.4, 0.5) is 5.69 Å². The van der Waals surface area contributed by atoms with Crippen LogP contribution in [-0.4, -0.2) is 50.5 Å². The maximum absolute atomic E-state index is 13.5. The van der Waals surface area contributed by atoms with E-state index in [1.54, 1.807) is 19.1 Å². The van der Waals surface area contributed by atoms with Crippen molar-refractivity contribution in [2.75, 3.05) is 23.7 Å². The van der Waals surface area contributed by atoms with Gasteiger partial charge in [-0.1, -0.05) is 69.7 Å². The molecular weight excluding hydrogens is 462 g/mol. The first-order valence-corrected chi connectivity index (χ1v) is 13.8. The number of amides is 2. The predicted molar refractivity (Wildman–Crippen MR) is 142 cm³/mol. The molecule has 0 bridgehead atoms. The topological polar surface area (TPSA) is 86.8 Å². The third-order valence-corrected chi connectivity index (χ3v) is 6.99. The third kappa shape index (κ3) is 8.09. The Morgan fingerprint density at radius 1 is 1.06 bits per heavy atom. The first-order chi connectivity index (χ1) is 16.2. The zero-order chi connectivity index (χ0) is 26.4. The van der Waals surface area contributed by atoms with Crippen LogP contribution in [0.25, 0.3) is 0 Å². The van der Waals surface area contributed by atoms with E-state index in [1.807, 2.05) is 50.2 Å². The van der Waals surface area contributed by atoms with Gasteiger partial charge >= 0.3 is 0 Å². The molecule has 0 aromatic heterocycles. The average molecular weight is 502 g/mol. The molecule has 0 saturated carbocycles. The van der Waals surface area contributed by atoms with Crippen molar-refractivity contribution in [3.8, 4) is 0 Å². The van der Waals surface area contributed by atoms with Crippen molar-refractivity contribution < 1.29 is 18.0 Å². The number of rotatable bonds is 10. The van der Waals surface area contributed by atoms with Crippen LogP contribution < -0.4 is 9.62 Å². The number of carbonyl (C=O) groups is 2. The molecule has 192 valence electrons. The van der Waals surface area contributed by atoms with Gasteiger partial charge < -0.3 is 10.2 Å². The van der Waals surface area contributed by atoms with Crippen LogP contribution >= 0.6 is 0 Å². The van der Waals surface area contributed by atoms with Crippen molar-refractivity contribution in [1.29, 1.82) is 0 Å². The Balaban J connectivity index is 2.38. The molecule has 0 aliphatic rings. The van der Waals surface area contributed by atoms with Gasteiger partial charge in [0.05, 0.1) is 11.9 Å². The fraction of sp³-hybridized carbons (Fsp3) is 0.481. The van der Waals surface area contributed by atoms with E-state index in [0.717, 1.165) is 33.7 Å². The second kappa shape index (κ2) is 11.7. The predicted octanol–water partition coefficient (Wildman–Crippen LogP) is 4.00. The Morgan fingerprint density at radius 2 is 1.69 bits per heavy atom. The number of nitrogens with zero attached hydrogens (tertiary/aromatic N) is 2. The summed E-state index contributed by atoms with van der Waals surface area (Å²) in [5.74, 6) is -0.718. The van der Waals surface area contributed by atoms with Crippen molar-refractivity contribution in [2.24, 2.45) is 0 Å². The molecule has 0 aliphatic carbocycles. The van der Waals surface area contributed by atoms with Crippen LogP contribution in [0.2, 0.25) is 0 Å². The van der Waals surface area contributed by atoms with Crippen molar-refractivity contribution in [3.05, 3.63) is 65.2 Å². The molecule has 2 aromatic rings. The second-order valence-electron chi connectivity index (χ2n) is 10.0. The molecule has 2 aromatic carbocycles. The lowest BCUT2D eigenvalue weighted by Crippen LogP contribution is -2.51. The van der Waals surface area contributed by atoms with Gasteiger partial charge in [-0.25, -0.2) is 8.42 Å². The SMILES string of the molecule is CCCNC(=O)[C@@H](C)N(Cc1cccc(C)c1)C(=O)CN(c1ccc(C(C)(C)C)cc1)S(C)(=O)=O. The number of benzene rings is 2. The Labute approximate surface area is 210 Å². The maximum atomic E-state index is 13.5. The molecule has 35 heavy (non-hydrogen) atoms. The van der Waals surface area contributed by atoms with Crippen LogP contribution in [0.15, 0.2) is 48.5 Å². The molecule has 7 nitrogen and oxygen atoms in total. The van der Waals surface area contributed by atoms with Gasteiger partial charge in [0.2, 0.25) is 21.8 Å². The molecule has 0 radical (unpaired) electrons. The second-order valence-corrected chi connectivity index (χ2v) is 12.0. The van der Waals surface area contributed by atoms with E-state index in [1.165, 1.54) is 4.90 Å². The molecule has 8 heteroatoms. The average Bonchev–Trinajstić information content (AvgIpc) is 2.77. The van der Waals surface area contributed by atoms with Gasteiger partial charge in [-0.15, -0.1) is 0 Å². The van der Waals surface area contributed by atoms with Crippen LogP contribution in [0.3, 0.4) is 0 Å². The minimum absolute atomic E-state index is 0.0871. The number of aryl methyl sites for hydroxylation is 1. The lowest BCUT2D eigenvalue weighted by Gasteiger charge is -2.31. The van der Waals surface area contributed by atoms with Crippen LogP contribution in [-0.2, 0) is 31.6 Å². The van der Waals surface area contributed by atoms with Gasteiger partial charge in [-0.05, 0) is 48.9 Å². The van der Waals surface area contributed by atoms with E-state index >= 15 is 0 Å². The number of carbonyl (C=O) groups excluding carboxylic acids is 2. The zero-order valence-electron chi connectivity index (χ0n) is 22.0. The summed E-state index contributed by atoms with van der Waals surface area (Å²) in [6, 6.07) is 14.1. The molecule has 0 aliphatic heterocycles. The van der Waals surface area contributed by atoms with Crippen molar-refractivity contribution >= 4 is 27.5 Å². The highest BCUT2D eigenvalue weighted by Crippen LogP contribution is 2.26. The molecule has 0 spiro atoms. The summed E-state index contributed by atoms with van der Waals surface area (Å²) in [5.41, 5.74) is 3.29. The lowest BCUT2D eigenvalue weighted by atomic mass is 9.87. The summed E-state index contributed by atoms with van der Waals surface area (Å²) >= 11 is 0. The van der Waals surface area contributed by atoms with Gasteiger partial charge in [0.25, 0.3) is 0 Å². The summed E-state index contributed by atoms with van der Waals surface area (Å²) in [6.45, 7) is 12.1. The van der Waals surface area contributed by atoms with E-state index < -0.39 is 28.5 Å². The van der Waals surface area contributed by atoms with Crippen LogP contribution in [0, 0.1) is 6.92 Å². The van der Waals surface area contributed by atoms with Crippen molar-refractivity contribution in [3.63, 3.8) is 0 Å². The Morgan fingerprint density at radius 3 is 2.20 bits per heavy atom. The largest absolute Gasteiger partial charge is 0.354 e. The molecule has 1 atom stereocenters. The summed E-state index contributed by atoms with van der Waals surface area (Å²) in [4.78, 5) is 27.7. The van der Waals surface area contributed by atoms with E-state index in [9.17, 15) is 18.0 Å². The summed E-state index contributed by atoms with van der Waals surface area (Å²) in [7, 11) is -3.75. The number of anilines is 1. The summed E-state index contributed by atoms with van der Waals surface area (Å²) in [5, 5.41) is 2.84. The smallest absolute Gasteiger partial charge is 0.244 e. The van der Waals surface area contributed by atoms with Gasteiger partial charge in [0.1, 0.15) is 12.6 Å². The highest BCUT2D eigenvalue weighted by atomic mass is 32.2. The minimum atomic E-state index is -3.75. The van der Waals surface area contributed by atoms with Gasteiger partial charge in [0, 0.05) is 13.1 Å². The standard InChI is InChI=1S/C27H39N3O4S/c1-8-16-28-26(32)21(3)29(18-22-11-9-10-20(2)17-22)25(31)19-30(35(7,33)34)24-14-12-23(13-15-24)27(4,5)6/h9-15,17,21H,8,16,18-19H2,1-7H3,(H,28,32)/t21-/m1/s1. The zero-order valence-corrected chi connectivity index (χ0v) is 22.8. The van der Waals surface area contributed by atoms with Gasteiger partial charge in [-0.2, -0.15) is 0 Å². The Kier molecular flexibility index (Phi) is 9.49. The fourth-order valence-electron chi connectivity index (χ4n) is 3.73. The molecular formula is C27H39N3O4S. The number of hydrogen-bond acceptors (Lipinski definition) is 4. The fourth-order valence-corrected chi connectivity index (χ4v) is 4.58. The molecule has 0 fully saturated rings. The highest BCUT2D eigenvalue weighted by Gasteiger charge is 2.30. The minimum Gasteiger partial charge on any atom is -0.354 e. The Hall–Kier alpha value is -2.87. The van der Waals surface area contributed by atoms with Gasteiger partial charge in [0.15, 0.2) is 0 Å². The van der Waals surface area contributed by atoms with E-state index in [-0.39, 0.29) is 17.9 Å². The maximum Gasteiger partial charge on any atom is 0.244 e. The molecule has 0 saturated heterocycles. The molecule has 2 amide bonds. The van der Waals surface area contributed by atoms with Crippen molar-refractivity contribution in [1.82, 2.24) is 10.2 Å². The monoisotopic (exact) mass is 501 g/mol.